The third-order valence-electron chi connectivity index (χ3n) is 2.12. The van der Waals surface area contributed by atoms with Crippen LogP contribution < -0.4 is 0 Å². The summed E-state index contributed by atoms with van der Waals surface area (Å²) in [7, 11) is 0. The number of terminal acetylenes is 1. The summed E-state index contributed by atoms with van der Waals surface area (Å²) in [5.74, 6) is 2.24. The molecule has 0 heterocycles. The average Bonchev–Trinajstić information content (AvgIpc) is 2.00. The van der Waals surface area contributed by atoms with E-state index in [1.54, 1.807) is 0 Å². The van der Waals surface area contributed by atoms with Crippen molar-refractivity contribution >= 4 is 15.9 Å². The summed E-state index contributed by atoms with van der Waals surface area (Å²) in [4.78, 5) is -0.0719. The third kappa shape index (κ3) is 1.58. The van der Waals surface area contributed by atoms with E-state index < -0.39 is 11.7 Å². The molecule has 0 saturated heterocycles. The smallest absolute Gasteiger partial charge is 0.151 e. The minimum absolute atomic E-state index is 0.0719. The lowest BCUT2D eigenvalue weighted by molar-refractivity contribution is -0.0534. The maximum Gasteiger partial charge on any atom is 0.151 e. The summed E-state index contributed by atoms with van der Waals surface area (Å²) in [6.07, 6.45) is 6.49. The number of halogens is 1. The van der Waals surface area contributed by atoms with Crippen molar-refractivity contribution < 1.29 is 10.2 Å². The molecule has 3 heteroatoms. The van der Waals surface area contributed by atoms with Gasteiger partial charge in [0.05, 0.1) is 0 Å². The molecule has 0 aliphatic heterocycles. The Morgan fingerprint density at radius 2 is 2.27 bits per heavy atom. The molecule has 0 unspecified atom stereocenters. The lowest BCUT2D eigenvalue weighted by Gasteiger charge is -2.35. The molecule has 0 aromatic heterocycles. The van der Waals surface area contributed by atoms with E-state index in [-0.39, 0.29) is 4.83 Å². The predicted molar refractivity (Wildman–Crippen MR) is 46.4 cm³/mol. The highest BCUT2D eigenvalue weighted by atomic mass is 79.9. The first-order chi connectivity index (χ1) is 5.10. The molecule has 2 N–H and O–H groups in total. The molecule has 62 valence electrons. The molecule has 0 aromatic rings. The van der Waals surface area contributed by atoms with Crippen LogP contribution in [0.1, 0.15) is 19.3 Å². The van der Waals surface area contributed by atoms with E-state index >= 15 is 0 Å². The zero-order valence-corrected chi connectivity index (χ0v) is 7.71. The van der Waals surface area contributed by atoms with Crippen molar-refractivity contribution in [2.24, 2.45) is 0 Å². The SMILES string of the molecule is C#C[C@]1(O)CCC[C@H](Br)[C@H]1O. The Kier molecular flexibility index (Phi) is 2.58. The van der Waals surface area contributed by atoms with Crippen molar-refractivity contribution in [3.8, 4) is 12.3 Å². The number of hydrogen-bond acceptors (Lipinski definition) is 2. The quantitative estimate of drug-likeness (QED) is 0.464. The van der Waals surface area contributed by atoms with Crippen LogP contribution in [0, 0.1) is 12.3 Å². The fourth-order valence-corrected chi connectivity index (χ4v) is 2.09. The standard InChI is InChI=1S/C8H11BrO2/c1-2-8(11)5-3-4-6(9)7(8)10/h1,6-7,10-11H,3-5H2/t6-,7+,8-/m0/s1. The number of aliphatic hydroxyl groups is 2. The summed E-state index contributed by atoms with van der Waals surface area (Å²) < 4.78 is 0. The molecule has 11 heavy (non-hydrogen) atoms. The Balaban J connectivity index is 2.74. The second kappa shape index (κ2) is 3.14. The van der Waals surface area contributed by atoms with Crippen LogP contribution in [-0.2, 0) is 0 Å². The van der Waals surface area contributed by atoms with Gasteiger partial charge in [0.15, 0.2) is 5.60 Å². The third-order valence-corrected chi connectivity index (χ3v) is 3.08. The molecule has 0 radical (unpaired) electrons. The van der Waals surface area contributed by atoms with E-state index in [0.29, 0.717) is 6.42 Å². The highest BCUT2D eigenvalue weighted by Gasteiger charge is 2.40. The highest BCUT2D eigenvalue weighted by molar-refractivity contribution is 9.09. The zero-order chi connectivity index (χ0) is 8.48. The highest BCUT2D eigenvalue weighted by Crippen LogP contribution is 2.32. The minimum atomic E-state index is -1.31. The molecule has 1 fully saturated rings. The summed E-state index contributed by atoms with van der Waals surface area (Å²) in [6, 6.07) is 0. The van der Waals surface area contributed by atoms with E-state index in [2.05, 4.69) is 21.9 Å². The Morgan fingerprint density at radius 3 is 2.73 bits per heavy atom. The van der Waals surface area contributed by atoms with Crippen molar-refractivity contribution in [1.82, 2.24) is 0 Å². The van der Waals surface area contributed by atoms with E-state index in [0.717, 1.165) is 12.8 Å². The molecule has 0 spiro atoms. The Bertz CT molecular complexity index is 187. The lowest BCUT2D eigenvalue weighted by atomic mass is 9.83. The first-order valence-corrected chi connectivity index (χ1v) is 4.54. The largest absolute Gasteiger partial charge is 0.388 e. The van der Waals surface area contributed by atoms with Gasteiger partial charge in [0.25, 0.3) is 0 Å². The van der Waals surface area contributed by atoms with Crippen LogP contribution in [0.3, 0.4) is 0 Å². The van der Waals surface area contributed by atoms with Gasteiger partial charge >= 0.3 is 0 Å². The van der Waals surface area contributed by atoms with Gasteiger partial charge in [0, 0.05) is 4.83 Å². The molecule has 1 aliphatic carbocycles. The number of rotatable bonds is 0. The first-order valence-electron chi connectivity index (χ1n) is 3.62. The Morgan fingerprint density at radius 1 is 1.64 bits per heavy atom. The van der Waals surface area contributed by atoms with Gasteiger partial charge in [-0.2, -0.15) is 0 Å². The maximum absolute atomic E-state index is 9.60. The summed E-state index contributed by atoms with van der Waals surface area (Å²) in [6.45, 7) is 0. The van der Waals surface area contributed by atoms with Crippen molar-refractivity contribution in [2.75, 3.05) is 0 Å². The molecule has 1 aliphatic rings. The molecule has 0 aromatic carbocycles. The van der Waals surface area contributed by atoms with Crippen LogP contribution in [0.15, 0.2) is 0 Å². The van der Waals surface area contributed by atoms with E-state index in [4.69, 9.17) is 6.42 Å². The zero-order valence-electron chi connectivity index (χ0n) is 6.13. The molecule has 1 rings (SSSR count). The summed E-state index contributed by atoms with van der Waals surface area (Å²) in [5, 5.41) is 19.1. The maximum atomic E-state index is 9.60. The number of aliphatic hydroxyl groups excluding tert-OH is 1. The van der Waals surface area contributed by atoms with Crippen LogP contribution in [-0.4, -0.2) is 26.7 Å². The first kappa shape index (κ1) is 9.05. The number of hydrogen-bond donors (Lipinski definition) is 2. The minimum Gasteiger partial charge on any atom is -0.388 e. The monoisotopic (exact) mass is 218 g/mol. The molecule has 2 nitrogen and oxygen atoms in total. The summed E-state index contributed by atoms with van der Waals surface area (Å²) >= 11 is 3.26. The van der Waals surface area contributed by atoms with Gasteiger partial charge in [0.2, 0.25) is 0 Å². The second-order valence-electron chi connectivity index (χ2n) is 2.92. The van der Waals surface area contributed by atoms with Crippen molar-refractivity contribution in [3.05, 3.63) is 0 Å². The van der Waals surface area contributed by atoms with E-state index in [1.807, 2.05) is 0 Å². The second-order valence-corrected chi connectivity index (χ2v) is 4.10. The Labute approximate surface area is 74.7 Å². The predicted octanol–water partition coefficient (Wildman–Crippen LogP) is 0.659. The lowest BCUT2D eigenvalue weighted by Crippen LogP contribution is -2.49. The van der Waals surface area contributed by atoms with Gasteiger partial charge in [-0.05, 0) is 19.3 Å². The van der Waals surface area contributed by atoms with Gasteiger partial charge in [-0.1, -0.05) is 21.9 Å². The van der Waals surface area contributed by atoms with Crippen LogP contribution >= 0.6 is 15.9 Å². The Hall–Kier alpha value is -0.0400. The van der Waals surface area contributed by atoms with Crippen LogP contribution in [0.25, 0.3) is 0 Å². The molecular formula is C8H11BrO2. The molecule has 0 bridgehead atoms. The fourth-order valence-electron chi connectivity index (χ4n) is 1.33. The van der Waals surface area contributed by atoms with Crippen LogP contribution in [0.5, 0.6) is 0 Å². The number of alkyl halides is 1. The fraction of sp³-hybridized carbons (Fsp3) is 0.750. The van der Waals surface area contributed by atoms with Gasteiger partial charge in [-0.3, -0.25) is 0 Å². The van der Waals surface area contributed by atoms with Crippen molar-refractivity contribution in [3.63, 3.8) is 0 Å². The summed E-state index contributed by atoms with van der Waals surface area (Å²) in [5.41, 5.74) is -1.31. The van der Waals surface area contributed by atoms with E-state index in [9.17, 15) is 10.2 Å². The van der Waals surface area contributed by atoms with Crippen molar-refractivity contribution in [2.45, 2.75) is 35.8 Å². The van der Waals surface area contributed by atoms with Crippen molar-refractivity contribution in [1.29, 1.82) is 0 Å². The van der Waals surface area contributed by atoms with E-state index in [1.165, 1.54) is 0 Å². The molecule has 1 saturated carbocycles. The molecular weight excluding hydrogens is 208 g/mol. The normalized spacial score (nSPS) is 44.9. The molecule has 3 atom stereocenters. The average molecular weight is 219 g/mol. The van der Waals surface area contributed by atoms with Crippen LogP contribution in [0.4, 0.5) is 0 Å². The molecule has 0 amide bonds. The van der Waals surface area contributed by atoms with Gasteiger partial charge in [-0.25, -0.2) is 0 Å². The van der Waals surface area contributed by atoms with Gasteiger partial charge < -0.3 is 10.2 Å². The van der Waals surface area contributed by atoms with Gasteiger partial charge in [0.1, 0.15) is 6.10 Å². The van der Waals surface area contributed by atoms with Crippen LogP contribution in [0.2, 0.25) is 0 Å². The van der Waals surface area contributed by atoms with Gasteiger partial charge in [-0.15, -0.1) is 6.42 Å². The topological polar surface area (TPSA) is 40.5 Å².